The molecule has 0 saturated carbocycles. The first-order valence-corrected chi connectivity index (χ1v) is 30.1. The number of ketones is 2. The third-order valence-electron chi connectivity index (χ3n) is 17.5. The Morgan fingerprint density at radius 3 is 1.71 bits per heavy atom. The van der Waals surface area contributed by atoms with E-state index in [2.05, 4.69) is 0 Å². The summed E-state index contributed by atoms with van der Waals surface area (Å²) in [4.78, 5) is 76.7. The second-order valence-corrected chi connectivity index (χ2v) is 24.4. The number of Topliss-reactive ketones (excluding diaryl/α,β-unsaturated/α-hetero) is 2. The maximum Gasteiger partial charge on any atom is 0.306 e. The van der Waals surface area contributed by atoms with Gasteiger partial charge in [-0.2, -0.15) is 0 Å². The third-order valence-corrected chi connectivity index (χ3v) is 17.5. The molecule has 0 bridgehead atoms. The summed E-state index contributed by atoms with van der Waals surface area (Å²) in [6, 6.07) is 2.90. The molecule has 1 aliphatic carbocycles. The van der Waals surface area contributed by atoms with Gasteiger partial charge in [-0.1, -0.05) is 0 Å². The highest BCUT2D eigenvalue weighted by atomic mass is 16.7. The number of aliphatic hydroxyl groups is 7. The monoisotopic (exact) mass is 1280 g/mol. The molecule has 5 aliphatic heterocycles. The summed E-state index contributed by atoms with van der Waals surface area (Å²) in [5.74, 6) is -9.08. The molecule has 5 saturated heterocycles. The topological polar surface area (TPSA) is 445 Å². The van der Waals surface area contributed by atoms with E-state index in [1.807, 2.05) is 0 Å². The molecule has 5 heterocycles. The van der Waals surface area contributed by atoms with E-state index in [1.165, 1.54) is 46.8 Å². The zero-order valence-electron chi connectivity index (χ0n) is 51.3. The Morgan fingerprint density at radius 2 is 1.17 bits per heavy atom. The summed E-state index contributed by atoms with van der Waals surface area (Å²) in [6.45, 7) is 11.8. The van der Waals surface area contributed by atoms with Gasteiger partial charge in [0, 0.05) is 50.7 Å². The fourth-order valence-electron chi connectivity index (χ4n) is 12.5. The third kappa shape index (κ3) is 16.0. The lowest BCUT2D eigenvalue weighted by atomic mass is 9.75. The number of carboxylic acid groups (broad SMARTS) is 2. The van der Waals surface area contributed by atoms with Crippen LogP contribution in [-0.2, 0) is 87.2 Å². The van der Waals surface area contributed by atoms with E-state index in [4.69, 9.17) is 71.8 Å². The molecule has 2 aromatic carbocycles. The number of benzene rings is 2. The number of fused-ring (bicyclic) bond motifs is 2. The van der Waals surface area contributed by atoms with Gasteiger partial charge >= 0.3 is 23.9 Å². The zero-order valence-corrected chi connectivity index (χ0v) is 51.3. The van der Waals surface area contributed by atoms with Crippen LogP contribution in [0, 0.1) is 12.8 Å². The number of phenols is 2. The summed E-state index contributed by atoms with van der Waals surface area (Å²) in [5, 5.41) is 120. The average molecular weight is 1290 g/mol. The van der Waals surface area contributed by atoms with E-state index in [9.17, 15) is 69.9 Å². The van der Waals surface area contributed by atoms with Crippen molar-refractivity contribution >= 4 is 46.2 Å². The number of esters is 2. The molecule has 2 aromatic rings. The van der Waals surface area contributed by atoms with Crippen molar-refractivity contribution in [1.29, 1.82) is 0 Å². The molecule has 8 rings (SSSR count). The number of hydrogen-bond acceptors (Lipinski definition) is 28. The van der Waals surface area contributed by atoms with Gasteiger partial charge in [-0.15, -0.1) is 0 Å². The van der Waals surface area contributed by atoms with E-state index in [0.29, 0.717) is 0 Å². The van der Waals surface area contributed by atoms with Crippen LogP contribution in [0.1, 0.15) is 128 Å². The van der Waals surface area contributed by atoms with Crippen molar-refractivity contribution in [3.8, 4) is 17.2 Å². The number of aliphatic hydroxyl groups excluding tert-OH is 6. The highest BCUT2D eigenvalue weighted by Crippen LogP contribution is 2.48. The van der Waals surface area contributed by atoms with Crippen molar-refractivity contribution < 1.29 is 147 Å². The van der Waals surface area contributed by atoms with Crippen molar-refractivity contribution in [2.45, 2.75) is 267 Å². The minimum atomic E-state index is -2.12. The second-order valence-electron chi connectivity index (χ2n) is 24.4. The van der Waals surface area contributed by atoms with Gasteiger partial charge < -0.3 is 118 Å². The Hall–Kier alpha value is -5.36. The Morgan fingerprint density at radius 1 is 0.667 bits per heavy atom. The predicted molar refractivity (Wildman–Crippen MR) is 300 cm³/mol. The molecular formula is C60H84O30. The summed E-state index contributed by atoms with van der Waals surface area (Å²) < 4.78 is 77.6. The zero-order chi connectivity index (χ0) is 66.1. The van der Waals surface area contributed by atoms with Crippen LogP contribution in [-0.4, -0.2) is 246 Å². The molecule has 0 amide bonds. The molecule has 0 radical (unpaired) electrons. The number of carbonyl (C=O) groups is 6. The fourth-order valence-corrected chi connectivity index (χ4v) is 12.5. The van der Waals surface area contributed by atoms with Crippen LogP contribution in [0.3, 0.4) is 0 Å². The van der Waals surface area contributed by atoms with Gasteiger partial charge in [0.1, 0.15) is 60.0 Å². The number of aliphatic carboxylic acids is 2. The van der Waals surface area contributed by atoms with Gasteiger partial charge in [-0.25, -0.2) is 0 Å². The van der Waals surface area contributed by atoms with Gasteiger partial charge in [-0.3, -0.25) is 28.8 Å². The Balaban J connectivity index is 1.04. The average Bonchev–Trinajstić information content (AvgIpc) is 0.738. The molecule has 504 valence electrons. The molecule has 0 aromatic heterocycles. The van der Waals surface area contributed by atoms with Gasteiger partial charge in [0.2, 0.25) is 6.29 Å². The lowest BCUT2D eigenvalue weighted by Crippen LogP contribution is -2.58. The molecule has 30 heteroatoms. The van der Waals surface area contributed by atoms with E-state index < -0.39 is 225 Å². The maximum atomic E-state index is 15.3. The SMILES string of the molecule is CO[C@H](C(=O)[C@@H](O)[C@@H](C)OC(=O)CCC(=O)O)[C@@H]1Cc2cc3cc(O[C@H]4C[C@@H](O[C@H]5C[C@@H](O)[C@H](OC(=O)CCC(=O)O)[C@@H](C)O5)[C@H](O)[C@@H](C)O4)c(C)c(O)c3c(O)c2C(=O)[C@H]1O[C@H]1C[C@@H](O[C@H]2C[C@@H](O[C@H]3C[C@](C)(O)[C@H](O)[C@@H](C)O3)[C@@H](O)[C@@H](C)O2)[C@H](O)[C@@H](C)O1. The largest absolute Gasteiger partial charge is 0.507 e. The molecule has 90 heavy (non-hydrogen) atoms. The summed E-state index contributed by atoms with van der Waals surface area (Å²) >= 11 is 0. The van der Waals surface area contributed by atoms with E-state index in [0.717, 1.165) is 7.11 Å². The first-order valence-electron chi connectivity index (χ1n) is 30.1. The Bertz CT molecular complexity index is 2890. The molecule has 11 N–H and O–H groups in total. The Labute approximate surface area is 517 Å². The van der Waals surface area contributed by atoms with Crippen molar-refractivity contribution in [3.63, 3.8) is 0 Å². The van der Waals surface area contributed by atoms with Crippen molar-refractivity contribution in [2.24, 2.45) is 5.92 Å². The van der Waals surface area contributed by atoms with Crippen molar-refractivity contribution in [3.05, 3.63) is 28.8 Å². The predicted octanol–water partition coefficient (Wildman–Crippen LogP) is 0.582. The van der Waals surface area contributed by atoms with Gasteiger partial charge in [-0.05, 0) is 84.9 Å². The highest BCUT2D eigenvalue weighted by molar-refractivity contribution is 6.11. The van der Waals surface area contributed by atoms with Crippen LogP contribution in [0.25, 0.3) is 10.8 Å². The van der Waals surface area contributed by atoms with Gasteiger partial charge in [0.25, 0.3) is 0 Å². The first kappa shape index (κ1) is 70.5. The van der Waals surface area contributed by atoms with Gasteiger partial charge in [0.15, 0.2) is 48.9 Å². The molecule has 25 atom stereocenters. The minimum Gasteiger partial charge on any atom is -0.507 e. The number of hydrogen-bond donors (Lipinski definition) is 11. The molecule has 0 unspecified atom stereocenters. The summed E-state index contributed by atoms with van der Waals surface area (Å²) in [5.41, 5.74) is -1.78. The lowest BCUT2D eigenvalue weighted by Gasteiger charge is -2.46. The number of rotatable bonds is 23. The van der Waals surface area contributed by atoms with Crippen LogP contribution in [0.15, 0.2) is 12.1 Å². The van der Waals surface area contributed by atoms with Gasteiger partial charge in [0.05, 0.1) is 97.2 Å². The lowest BCUT2D eigenvalue weighted by molar-refractivity contribution is -0.334. The van der Waals surface area contributed by atoms with Crippen LogP contribution < -0.4 is 4.74 Å². The molecule has 6 aliphatic rings. The molecule has 0 spiro atoms. The van der Waals surface area contributed by atoms with Crippen LogP contribution in [0.2, 0.25) is 0 Å². The number of carbonyl (C=O) groups excluding carboxylic acids is 4. The van der Waals surface area contributed by atoms with Crippen LogP contribution >= 0.6 is 0 Å². The van der Waals surface area contributed by atoms with E-state index in [-0.39, 0.29) is 71.7 Å². The fraction of sp³-hybridized carbons (Fsp3) is 0.733. The smallest absolute Gasteiger partial charge is 0.306 e. The van der Waals surface area contributed by atoms with E-state index in [1.54, 1.807) is 20.8 Å². The molecular weight excluding hydrogens is 1200 g/mol. The Kier molecular flexibility index (Phi) is 22.9. The normalized spacial score (nSPS) is 37.5. The number of aromatic hydroxyl groups is 2. The summed E-state index contributed by atoms with van der Waals surface area (Å²) in [7, 11) is 1.11. The van der Waals surface area contributed by atoms with Crippen molar-refractivity contribution in [2.75, 3.05) is 7.11 Å². The van der Waals surface area contributed by atoms with Crippen molar-refractivity contribution in [1.82, 2.24) is 0 Å². The second kappa shape index (κ2) is 29.3. The number of methoxy groups -OCH3 is 1. The standard InChI is InChI=1S/C60H84O30/c1-22-33(85-42-18-34(49(69)23(2)80-42)86-41-17-32(61)56(27(6)83-41)89-40(67)13-11-38(64)65)16-30-14-29-15-31(57(78-9)55(75)52(72)26(5)79-39(66)12-10-37(62)63)58(54(74)47(29)53(73)46(30)48(22)68)90-44-20-35(50(70)25(4)82-44)87-43-19-36(51(71)24(3)81-43)88-45-21-60(8,77)59(76)28(7)84-45/h14,16,23-28,31-32,34-36,41-45,49-52,56-59,61,68-73,76-77H,10-13,15,17-21H2,1-9H3,(H,62,63)(H,64,65)/t23-,24-,25-,26-,27-,28-,31+,32-,34-,35-,36-,41+,42+,43+,44+,45+,49-,50-,51+,52+,56-,57+,58+,59-,60+/m1/s1. The molecule has 30 nitrogen and oxygen atoms in total. The number of ether oxygens (including phenoxy) is 13. The minimum absolute atomic E-state index is 0.00903. The number of phenolic OH excluding ortho intramolecular Hbond substituents is 2. The highest BCUT2D eigenvalue weighted by Gasteiger charge is 2.52. The van der Waals surface area contributed by atoms with Crippen LogP contribution in [0.5, 0.6) is 17.2 Å². The summed E-state index contributed by atoms with van der Waals surface area (Å²) in [6.07, 6.45) is -31.8. The van der Waals surface area contributed by atoms with E-state index >= 15 is 4.79 Å². The molecule has 5 fully saturated rings. The first-order chi connectivity index (χ1) is 42.3. The van der Waals surface area contributed by atoms with Crippen LogP contribution in [0.4, 0.5) is 0 Å². The number of carboxylic acids is 2. The quantitative estimate of drug-likeness (QED) is 0.0678. The maximum absolute atomic E-state index is 15.3.